The molecule has 2 atom stereocenters. The van der Waals surface area contributed by atoms with Gasteiger partial charge < -0.3 is 19.2 Å². The Morgan fingerprint density at radius 1 is 1.02 bits per heavy atom. The standard InChI is InChI=1S/C26H27F6N5O6/c1-24(2,3)43-23(39)37-13-16(6-9-19(37)21-35-36-22(42-21)40-10-11-41-26(30,31)32)33-20(38)18-7-4-14-12-15(25(27,28)29)5-8-17(14)34-18/h4-5,7-8,12,16,19H,6,9-11,13H2,1-3H3,(H,33,38)/t16-,19+/m0/s1. The van der Waals surface area contributed by atoms with Crippen molar-refractivity contribution in [2.45, 2.75) is 63.8 Å². The molecule has 234 valence electrons. The molecule has 1 N–H and O–H groups in total. The van der Waals surface area contributed by atoms with E-state index in [2.05, 4.69) is 25.2 Å². The molecule has 1 aliphatic heterocycles. The first-order chi connectivity index (χ1) is 20.0. The van der Waals surface area contributed by atoms with Crippen LogP contribution in [-0.4, -0.2) is 69.8 Å². The lowest BCUT2D eigenvalue weighted by atomic mass is 9.98. The number of hydrogen-bond acceptors (Lipinski definition) is 9. The predicted molar refractivity (Wildman–Crippen MR) is 135 cm³/mol. The Bertz CT molecular complexity index is 1450. The Kier molecular flexibility index (Phi) is 9.03. The summed E-state index contributed by atoms with van der Waals surface area (Å²) in [4.78, 5) is 31.6. The smallest absolute Gasteiger partial charge is 0.447 e. The largest absolute Gasteiger partial charge is 0.522 e. The molecule has 1 aliphatic rings. The van der Waals surface area contributed by atoms with Crippen molar-refractivity contribution >= 4 is 22.9 Å². The average molecular weight is 620 g/mol. The van der Waals surface area contributed by atoms with Crippen molar-refractivity contribution in [1.82, 2.24) is 25.4 Å². The highest BCUT2D eigenvalue weighted by Crippen LogP contribution is 2.34. The van der Waals surface area contributed by atoms with Gasteiger partial charge in [0.15, 0.2) is 0 Å². The summed E-state index contributed by atoms with van der Waals surface area (Å²) in [6.45, 7) is 3.60. The molecular formula is C26H27F6N5O6. The number of fused-ring (bicyclic) bond motifs is 1. The van der Waals surface area contributed by atoms with Crippen LogP contribution in [-0.2, 0) is 15.7 Å². The maximum atomic E-state index is 13.1. The number of amides is 2. The molecule has 3 heterocycles. The second-order valence-electron chi connectivity index (χ2n) is 10.5. The van der Waals surface area contributed by atoms with E-state index < -0.39 is 67.1 Å². The number of rotatable bonds is 7. The third-order valence-electron chi connectivity index (χ3n) is 6.08. The van der Waals surface area contributed by atoms with Crippen molar-refractivity contribution in [3.63, 3.8) is 0 Å². The van der Waals surface area contributed by atoms with Gasteiger partial charge in [-0.25, -0.2) is 9.78 Å². The Labute approximate surface area is 240 Å². The molecule has 17 heteroatoms. The zero-order chi connectivity index (χ0) is 31.6. The predicted octanol–water partition coefficient (Wildman–Crippen LogP) is 5.42. The summed E-state index contributed by atoms with van der Waals surface area (Å²) in [5.41, 5.74) is -1.56. The molecular weight excluding hydrogens is 592 g/mol. The summed E-state index contributed by atoms with van der Waals surface area (Å²) >= 11 is 0. The van der Waals surface area contributed by atoms with Crippen LogP contribution in [0.3, 0.4) is 0 Å². The van der Waals surface area contributed by atoms with Gasteiger partial charge >= 0.3 is 24.7 Å². The number of carbonyl (C=O) groups is 2. The van der Waals surface area contributed by atoms with Crippen molar-refractivity contribution in [1.29, 1.82) is 0 Å². The van der Waals surface area contributed by atoms with E-state index in [1.54, 1.807) is 20.8 Å². The lowest BCUT2D eigenvalue weighted by Gasteiger charge is -2.38. The van der Waals surface area contributed by atoms with E-state index in [0.29, 0.717) is 6.42 Å². The van der Waals surface area contributed by atoms with E-state index in [1.807, 2.05) is 0 Å². The van der Waals surface area contributed by atoms with Crippen LogP contribution in [0, 0.1) is 0 Å². The SMILES string of the molecule is CC(C)(C)OC(=O)N1C[C@@H](NC(=O)c2ccc3cc(C(F)(F)F)ccc3n2)CC[C@@H]1c1nnc(OCCOC(F)(F)F)o1. The zero-order valence-electron chi connectivity index (χ0n) is 23.1. The number of nitrogens with one attached hydrogen (secondary N) is 1. The number of piperidine rings is 1. The van der Waals surface area contributed by atoms with Gasteiger partial charge in [-0.3, -0.25) is 14.4 Å². The molecule has 2 amide bonds. The highest BCUT2D eigenvalue weighted by molar-refractivity contribution is 5.95. The summed E-state index contributed by atoms with van der Waals surface area (Å²) < 4.78 is 95.0. The topological polar surface area (TPSA) is 129 Å². The van der Waals surface area contributed by atoms with Crippen LogP contribution in [0.1, 0.15) is 61.6 Å². The van der Waals surface area contributed by atoms with E-state index in [4.69, 9.17) is 13.9 Å². The van der Waals surface area contributed by atoms with E-state index in [-0.39, 0.29) is 35.5 Å². The fraction of sp³-hybridized carbons (Fsp3) is 0.500. The average Bonchev–Trinajstić information content (AvgIpc) is 3.37. The number of nitrogens with zero attached hydrogens (tertiary/aromatic N) is 4. The van der Waals surface area contributed by atoms with Crippen molar-refractivity contribution in [2.75, 3.05) is 19.8 Å². The molecule has 43 heavy (non-hydrogen) atoms. The molecule has 0 bridgehead atoms. The summed E-state index contributed by atoms with van der Waals surface area (Å²) in [6.07, 6.45) is -9.98. The molecule has 1 saturated heterocycles. The Morgan fingerprint density at radius 3 is 2.44 bits per heavy atom. The first-order valence-electron chi connectivity index (χ1n) is 12.9. The molecule has 0 radical (unpaired) electrons. The molecule has 0 spiro atoms. The van der Waals surface area contributed by atoms with Gasteiger partial charge in [0.25, 0.3) is 5.91 Å². The Morgan fingerprint density at radius 2 is 1.77 bits per heavy atom. The minimum Gasteiger partial charge on any atom is -0.447 e. The first-order valence-corrected chi connectivity index (χ1v) is 12.9. The monoisotopic (exact) mass is 619 g/mol. The summed E-state index contributed by atoms with van der Waals surface area (Å²) in [7, 11) is 0. The van der Waals surface area contributed by atoms with Crippen LogP contribution in [0.5, 0.6) is 6.08 Å². The highest BCUT2D eigenvalue weighted by Gasteiger charge is 2.39. The number of benzene rings is 1. The molecule has 1 fully saturated rings. The Hall–Kier alpha value is -4.15. The Balaban J connectivity index is 1.45. The number of carbonyl (C=O) groups excluding carboxylic acids is 2. The van der Waals surface area contributed by atoms with Crippen molar-refractivity contribution in [2.24, 2.45) is 0 Å². The van der Waals surface area contributed by atoms with Gasteiger partial charge in [0.2, 0.25) is 5.89 Å². The number of aromatic nitrogens is 3. The quantitative estimate of drug-likeness (QED) is 0.272. The molecule has 1 aromatic carbocycles. The number of pyridine rings is 1. The molecule has 4 rings (SSSR count). The maximum absolute atomic E-state index is 13.1. The van der Waals surface area contributed by atoms with Crippen molar-refractivity contribution in [3.8, 4) is 6.08 Å². The minimum absolute atomic E-state index is 0.0357. The summed E-state index contributed by atoms with van der Waals surface area (Å²) in [5.74, 6) is -0.666. The first kappa shape index (κ1) is 31.8. The van der Waals surface area contributed by atoms with Gasteiger partial charge in [-0.15, -0.1) is 18.3 Å². The lowest BCUT2D eigenvalue weighted by Crippen LogP contribution is -2.52. The van der Waals surface area contributed by atoms with Gasteiger partial charge in [0.1, 0.15) is 23.9 Å². The number of halogens is 6. The molecule has 2 aromatic heterocycles. The summed E-state index contributed by atoms with van der Waals surface area (Å²) in [5, 5.41) is 10.5. The second kappa shape index (κ2) is 12.2. The van der Waals surface area contributed by atoms with Crippen molar-refractivity contribution < 1.29 is 54.6 Å². The highest BCUT2D eigenvalue weighted by atomic mass is 19.4. The number of ether oxygens (including phenoxy) is 3. The van der Waals surface area contributed by atoms with Crippen LogP contribution in [0.25, 0.3) is 10.9 Å². The van der Waals surface area contributed by atoms with Crippen LogP contribution in [0.4, 0.5) is 31.1 Å². The van der Waals surface area contributed by atoms with Crippen molar-refractivity contribution in [3.05, 3.63) is 47.5 Å². The summed E-state index contributed by atoms with van der Waals surface area (Å²) in [6, 6.07) is 4.27. The van der Waals surface area contributed by atoms with E-state index in [1.165, 1.54) is 23.1 Å². The number of likely N-dealkylation sites (tertiary alicyclic amines) is 1. The van der Waals surface area contributed by atoms with Gasteiger partial charge in [-0.2, -0.15) is 13.2 Å². The number of hydrogen-bond donors (Lipinski definition) is 1. The van der Waals surface area contributed by atoms with Crippen LogP contribution in [0.2, 0.25) is 0 Å². The van der Waals surface area contributed by atoms with Gasteiger partial charge in [-0.1, -0.05) is 11.2 Å². The van der Waals surface area contributed by atoms with Crippen LogP contribution < -0.4 is 10.1 Å². The zero-order valence-corrected chi connectivity index (χ0v) is 23.1. The van der Waals surface area contributed by atoms with Gasteiger partial charge in [-0.05, 0) is 57.9 Å². The molecule has 3 aromatic rings. The molecule has 0 unspecified atom stereocenters. The minimum atomic E-state index is -4.82. The third kappa shape index (κ3) is 8.68. The molecule has 0 aliphatic carbocycles. The van der Waals surface area contributed by atoms with E-state index in [9.17, 15) is 35.9 Å². The second-order valence-corrected chi connectivity index (χ2v) is 10.5. The fourth-order valence-electron chi connectivity index (χ4n) is 4.26. The van der Waals surface area contributed by atoms with Gasteiger partial charge in [0.05, 0.1) is 17.7 Å². The number of alkyl halides is 6. The molecule has 11 nitrogen and oxygen atoms in total. The maximum Gasteiger partial charge on any atom is 0.522 e. The lowest BCUT2D eigenvalue weighted by molar-refractivity contribution is -0.325. The van der Waals surface area contributed by atoms with Crippen LogP contribution in [0.15, 0.2) is 34.7 Å². The fourth-order valence-corrected chi connectivity index (χ4v) is 4.26. The van der Waals surface area contributed by atoms with Crippen LogP contribution >= 0.6 is 0 Å². The third-order valence-corrected chi connectivity index (χ3v) is 6.08. The van der Waals surface area contributed by atoms with E-state index >= 15 is 0 Å². The van der Waals surface area contributed by atoms with Gasteiger partial charge in [0, 0.05) is 18.0 Å². The van der Waals surface area contributed by atoms with E-state index in [0.717, 1.165) is 12.1 Å². The normalized spacial score (nSPS) is 18.0. The molecule has 0 saturated carbocycles.